The molecule has 216 valence electrons. The maximum absolute atomic E-state index is 12.7. The molecule has 0 aliphatic carbocycles. The molecule has 19 heteroatoms. The highest BCUT2D eigenvalue weighted by atomic mass is 31.2. The number of aliphatic hydroxyl groups excluding tert-OH is 6. The minimum Gasteiger partial charge on any atom is -0.477 e. The Balaban J connectivity index is 1.71. The van der Waals surface area contributed by atoms with E-state index >= 15 is 0 Å². The fraction of sp³-hybridized carbons (Fsp3) is 0.684. The quantitative estimate of drug-likeness (QED) is 0.110. The minimum atomic E-state index is -5.39. The Morgan fingerprint density at radius 1 is 1.34 bits per heavy atom. The van der Waals surface area contributed by atoms with Crippen LogP contribution in [0.4, 0.5) is 0 Å². The second-order valence-corrected chi connectivity index (χ2v) is 10.2. The summed E-state index contributed by atoms with van der Waals surface area (Å²) >= 11 is 0. The van der Waals surface area contributed by atoms with Crippen LogP contribution in [-0.2, 0) is 27.9 Å². The Bertz CT molecular complexity index is 1010. The number of rotatable bonds is 10. The summed E-state index contributed by atoms with van der Waals surface area (Å²) in [4.78, 5) is 27.4. The van der Waals surface area contributed by atoms with Crippen molar-refractivity contribution in [1.82, 2.24) is 4.90 Å². The molecule has 0 spiro atoms. The molecule has 3 heterocycles. The van der Waals surface area contributed by atoms with Crippen molar-refractivity contribution in [1.29, 1.82) is 0 Å². The topological polar surface area (TPSA) is 301 Å². The molecular formula is C19H31N4O14P. The third-order valence-corrected chi connectivity index (χ3v) is 7.11. The fourth-order valence-corrected chi connectivity index (χ4v) is 4.99. The second kappa shape index (κ2) is 11.6. The predicted octanol–water partition coefficient (Wildman–Crippen LogP) is -4.80. The number of hydrogen-bond donors (Lipinski definition) is 10. The number of nitrogens with zero attached hydrogens (tertiary/aromatic N) is 2. The van der Waals surface area contributed by atoms with E-state index in [0.717, 1.165) is 0 Å². The van der Waals surface area contributed by atoms with Crippen LogP contribution in [0, 0.1) is 0 Å². The van der Waals surface area contributed by atoms with Gasteiger partial charge in [0.15, 0.2) is 6.23 Å². The van der Waals surface area contributed by atoms with Gasteiger partial charge in [-0.25, -0.2) is 18.9 Å². The van der Waals surface area contributed by atoms with Crippen LogP contribution >= 0.6 is 7.82 Å². The average molecular weight is 570 g/mol. The van der Waals surface area contributed by atoms with Crippen molar-refractivity contribution in [3.63, 3.8) is 0 Å². The fourth-order valence-electron chi connectivity index (χ4n) is 4.03. The molecule has 2 fully saturated rings. The number of amidine groups is 1. The van der Waals surface area contributed by atoms with Gasteiger partial charge in [0.2, 0.25) is 0 Å². The number of carbonyl (C=O) groups is 1. The third kappa shape index (κ3) is 6.23. The summed E-state index contributed by atoms with van der Waals surface area (Å²) in [5.74, 6) is -4.91. The molecule has 0 saturated carbocycles. The molecule has 3 aliphatic rings. The molecule has 3 aliphatic heterocycles. The van der Waals surface area contributed by atoms with E-state index in [1.165, 1.54) is 17.2 Å². The summed E-state index contributed by atoms with van der Waals surface area (Å²) in [6.45, 7) is 1.77. The second-order valence-electron chi connectivity index (χ2n) is 8.81. The van der Waals surface area contributed by atoms with Crippen LogP contribution in [0.1, 0.15) is 6.42 Å². The monoisotopic (exact) mass is 570 g/mol. The normalized spacial score (nSPS) is 38.9. The van der Waals surface area contributed by atoms with Gasteiger partial charge in [0, 0.05) is 12.6 Å². The number of hydrogen-bond acceptors (Lipinski definition) is 16. The van der Waals surface area contributed by atoms with E-state index in [-0.39, 0.29) is 11.7 Å². The van der Waals surface area contributed by atoms with Crippen molar-refractivity contribution in [2.75, 3.05) is 13.2 Å². The molecule has 2 saturated heterocycles. The van der Waals surface area contributed by atoms with E-state index < -0.39 is 94.2 Å². The van der Waals surface area contributed by atoms with Gasteiger partial charge in [-0.2, -0.15) is 0 Å². The first-order chi connectivity index (χ1) is 17.6. The smallest absolute Gasteiger partial charge is 0.475 e. The lowest BCUT2D eigenvalue weighted by atomic mass is 9.89. The van der Waals surface area contributed by atoms with Crippen LogP contribution in [0.15, 0.2) is 29.7 Å². The standard InChI is InChI=1S/C19H31N4O14P/c1-7-22-11(20)2-3-23(7)17-15(29)14(28)10(35-17)6-34-38(32,33)37-19(18(30)31)4-8(25)12(21)16(36-19)13(27)9(26)5-24/h2-3,8-10,12-17,24-29H,1,4-6,21H2,(H2,20,22)(H,30,31)(H,32,33)/t8-,9-,10-,12-,13-,14+,15?,16?,17-,19-/m1/s1. The van der Waals surface area contributed by atoms with E-state index in [1.54, 1.807) is 0 Å². The number of carboxylic acid groups (broad SMARTS) is 1. The van der Waals surface area contributed by atoms with Crippen LogP contribution in [-0.4, -0.2) is 131 Å². The SMILES string of the molecule is C=C1N=C(N)C=CN1[C@@H]1O[C@H](COP(=O)(O)O[C@@]2(C(=O)O)C[C@@H](O)[C@@H](N)C([C@H](O)[C@H](O)CO)O2)[C@H](O)C1O. The largest absolute Gasteiger partial charge is 0.477 e. The lowest BCUT2D eigenvalue weighted by molar-refractivity contribution is -0.286. The molecule has 3 unspecified atom stereocenters. The van der Waals surface area contributed by atoms with Crippen molar-refractivity contribution in [2.45, 2.75) is 67.2 Å². The molecule has 0 aromatic heterocycles. The molecule has 0 aromatic rings. The molecule has 18 nitrogen and oxygen atoms in total. The molecule has 0 aromatic carbocycles. The lowest BCUT2D eigenvalue weighted by Gasteiger charge is -2.45. The van der Waals surface area contributed by atoms with E-state index in [9.17, 15) is 44.9 Å². The Hall–Kier alpha value is -2.03. The van der Waals surface area contributed by atoms with Crippen LogP contribution in [0.5, 0.6) is 0 Å². The number of aliphatic hydroxyl groups is 6. The van der Waals surface area contributed by atoms with Crippen molar-refractivity contribution < 1.29 is 68.5 Å². The molecule has 0 amide bonds. The molecule has 0 radical (unpaired) electrons. The van der Waals surface area contributed by atoms with Gasteiger partial charge in [0.25, 0.3) is 5.79 Å². The highest BCUT2D eigenvalue weighted by Crippen LogP contribution is 2.51. The Kier molecular flexibility index (Phi) is 9.32. The van der Waals surface area contributed by atoms with Crippen LogP contribution in [0.3, 0.4) is 0 Å². The number of phosphoric acid groups is 1. The Morgan fingerprint density at radius 3 is 2.58 bits per heavy atom. The summed E-state index contributed by atoms with van der Waals surface area (Å²) in [6, 6.07) is -1.49. The number of aliphatic imine (C=N–C) groups is 1. The number of carboxylic acids is 1. The summed E-state index contributed by atoms with van der Waals surface area (Å²) < 4.78 is 32.9. The Labute approximate surface area is 215 Å². The summed E-state index contributed by atoms with van der Waals surface area (Å²) in [7, 11) is -5.39. The Morgan fingerprint density at radius 2 is 2.00 bits per heavy atom. The molecule has 12 N–H and O–H groups in total. The maximum Gasteiger partial charge on any atom is 0.475 e. The van der Waals surface area contributed by atoms with Gasteiger partial charge in [-0.1, -0.05) is 6.58 Å². The van der Waals surface area contributed by atoms with Crippen LogP contribution in [0.25, 0.3) is 0 Å². The van der Waals surface area contributed by atoms with Crippen molar-refractivity contribution in [3.8, 4) is 0 Å². The number of nitrogens with two attached hydrogens (primary N) is 2. The molecule has 0 bridgehead atoms. The molecule has 11 atom stereocenters. The van der Waals surface area contributed by atoms with Gasteiger partial charge >= 0.3 is 13.8 Å². The van der Waals surface area contributed by atoms with Gasteiger partial charge < -0.3 is 66.5 Å². The average Bonchev–Trinajstić information content (AvgIpc) is 3.12. The zero-order chi connectivity index (χ0) is 28.6. The number of phosphoric ester groups is 1. The minimum absolute atomic E-state index is 0.0663. The van der Waals surface area contributed by atoms with Crippen molar-refractivity contribution >= 4 is 19.6 Å². The van der Waals surface area contributed by atoms with Crippen LogP contribution in [0.2, 0.25) is 0 Å². The highest BCUT2D eigenvalue weighted by molar-refractivity contribution is 7.47. The van der Waals surface area contributed by atoms with Gasteiger partial charge in [-0.15, -0.1) is 0 Å². The zero-order valence-corrected chi connectivity index (χ0v) is 20.6. The first-order valence-corrected chi connectivity index (χ1v) is 12.6. The molecule has 38 heavy (non-hydrogen) atoms. The lowest BCUT2D eigenvalue weighted by Crippen LogP contribution is -2.66. The van der Waals surface area contributed by atoms with E-state index in [1.807, 2.05) is 0 Å². The third-order valence-electron chi connectivity index (χ3n) is 6.11. The zero-order valence-electron chi connectivity index (χ0n) is 19.7. The van der Waals surface area contributed by atoms with E-state index in [2.05, 4.69) is 11.6 Å². The van der Waals surface area contributed by atoms with Crippen molar-refractivity contribution in [2.24, 2.45) is 16.5 Å². The van der Waals surface area contributed by atoms with Gasteiger partial charge in [-0.3, -0.25) is 4.52 Å². The number of aliphatic carboxylic acids is 1. The highest BCUT2D eigenvalue weighted by Gasteiger charge is 2.58. The maximum atomic E-state index is 12.7. The molecule has 3 rings (SSSR count). The van der Waals surface area contributed by atoms with E-state index in [0.29, 0.717) is 0 Å². The summed E-state index contributed by atoms with van der Waals surface area (Å²) in [5.41, 5.74) is 11.3. The summed E-state index contributed by atoms with van der Waals surface area (Å²) in [5, 5.41) is 69.6. The van der Waals surface area contributed by atoms with Gasteiger partial charge in [0.1, 0.15) is 48.3 Å². The van der Waals surface area contributed by atoms with Gasteiger partial charge in [0.05, 0.1) is 25.4 Å². The van der Waals surface area contributed by atoms with Crippen molar-refractivity contribution in [3.05, 3.63) is 24.7 Å². The number of ether oxygens (including phenoxy) is 2. The van der Waals surface area contributed by atoms with E-state index in [4.69, 9.17) is 35.1 Å². The van der Waals surface area contributed by atoms with Crippen LogP contribution < -0.4 is 11.5 Å². The van der Waals surface area contributed by atoms with Gasteiger partial charge in [-0.05, 0) is 6.08 Å². The molecular weight excluding hydrogens is 539 g/mol. The first-order valence-electron chi connectivity index (χ1n) is 11.1. The first kappa shape index (κ1) is 30.5. The predicted molar refractivity (Wildman–Crippen MR) is 122 cm³/mol. The summed E-state index contributed by atoms with van der Waals surface area (Å²) in [6.07, 6.45) is -11.7.